The maximum atomic E-state index is 13.4. The zero-order valence-corrected chi connectivity index (χ0v) is 14.5. The normalized spacial score (nSPS) is 19.7. The third-order valence-electron chi connectivity index (χ3n) is 4.22. The van der Waals surface area contributed by atoms with E-state index in [0.717, 1.165) is 19.8 Å². The molecule has 0 aromatic heterocycles. The van der Waals surface area contributed by atoms with Crippen LogP contribution in [0.15, 0.2) is 24.3 Å². The lowest BCUT2D eigenvalue weighted by atomic mass is 10.2. The first-order valence-electron chi connectivity index (χ1n) is 8.55. The Balaban J connectivity index is 1.60. The Bertz CT molecular complexity index is 527. The number of hydrogen-bond acceptors (Lipinski definition) is 4. The van der Waals surface area contributed by atoms with Gasteiger partial charge in [-0.15, -0.1) is 0 Å². The lowest BCUT2D eigenvalue weighted by Crippen LogP contribution is -2.51. The number of nitrogens with zero attached hydrogens (tertiary/aromatic N) is 1. The summed E-state index contributed by atoms with van der Waals surface area (Å²) in [4.78, 5) is 14.3. The minimum Gasteiger partial charge on any atom is -0.491 e. The number of benzene rings is 1. The molecule has 1 aliphatic rings. The zero-order valence-electron chi connectivity index (χ0n) is 14.5. The van der Waals surface area contributed by atoms with Crippen LogP contribution in [0.1, 0.15) is 26.7 Å². The van der Waals surface area contributed by atoms with Crippen molar-refractivity contribution >= 4 is 5.91 Å². The molecule has 0 radical (unpaired) electrons. The highest BCUT2D eigenvalue weighted by Crippen LogP contribution is 2.15. The molecule has 1 aliphatic heterocycles. The van der Waals surface area contributed by atoms with Gasteiger partial charge in [-0.05, 0) is 32.4 Å². The summed E-state index contributed by atoms with van der Waals surface area (Å²) in [6.07, 6.45) is 0.933. The van der Waals surface area contributed by atoms with Crippen molar-refractivity contribution in [2.75, 3.05) is 32.9 Å². The van der Waals surface area contributed by atoms with Crippen LogP contribution < -0.4 is 10.1 Å². The van der Waals surface area contributed by atoms with Gasteiger partial charge in [0.2, 0.25) is 5.91 Å². The molecule has 1 aromatic carbocycles. The van der Waals surface area contributed by atoms with Crippen molar-refractivity contribution in [1.29, 1.82) is 0 Å². The highest BCUT2D eigenvalue weighted by Gasteiger charge is 2.23. The summed E-state index contributed by atoms with van der Waals surface area (Å²) in [5, 5.41) is 2.96. The molecular formula is C18H27FN2O3. The maximum absolute atomic E-state index is 13.4. The molecule has 1 heterocycles. The van der Waals surface area contributed by atoms with Gasteiger partial charge in [0, 0.05) is 31.6 Å². The van der Waals surface area contributed by atoms with E-state index in [4.69, 9.17) is 9.47 Å². The molecule has 1 amide bonds. The Hall–Kier alpha value is -1.66. The standard InChI is InChI=1S/C18H27FN2O3/c1-14(21-9-11-23-13-15(21)2)12-20-18(22)8-5-10-24-17-7-4-3-6-16(17)19/h3-4,6-7,14-15H,5,8-13H2,1-2H3,(H,20,22)/t14-,15+/m0/s1. The SMILES string of the molecule is C[C@@H]1COCCN1[C@@H](C)CNC(=O)CCCOc1ccccc1F. The summed E-state index contributed by atoms with van der Waals surface area (Å²) in [7, 11) is 0. The van der Waals surface area contributed by atoms with Crippen LogP contribution in [0.2, 0.25) is 0 Å². The number of para-hydroxylation sites is 1. The number of amides is 1. The van der Waals surface area contributed by atoms with Crippen molar-refractivity contribution in [3.8, 4) is 5.75 Å². The van der Waals surface area contributed by atoms with E-state index in [1.54, 1.807) is 18.2 Å². The predicted octanol–water partition coefficient (Wildman–Crippen LogP) is 2.21. The van der Waals surface area contributed by atoms with Crippen molar-refractivity contribution in [3.05, 3.63) is 30.1 Å². The first kappa shape index (κ1) is 18.7. The van der Waals surface area contributed by atoms with Gasteiger partial charge < -0.3 is 14.8 Å². The van der Waals surface area contributed by atoms with Crippen molar-refractivity contribution in [2.45, 2.75) is 38.8 Å². The molecule has 1 aromatic rings. The molecule has 0 spiro atoms. The molecule has 2 rings (SSSR count). The summed E-state index contributed by atoms with van der Waals surface area (Å²) < 4.78 is 24.1. The van der Waals surface area contributed by atoms with E-state index in [-0.39, 0.29) is 23.5 Å². The third kappa shape index (κ3) is 5.76. The summed E-state index contributed by atoms with van der Waals surface area (Å²) in [6.45, 7) is 7.58. The second kappa shape index (κ2) is 9.59. The molecular weight excluding hydrogens is 311 g/mol. The minimum absolute atomic E-state index is 0.0000962. The van der Waals surface area contributed by atoms with Crippen LogP contribution >= 0.6 is 0 Å². The van der Waals surface area contributed by atoms with Crippen LogP contribution in [-0.4, -0.2) is 55.8 Å². The number of halogens is 1. The van der Waals surface area contributed by atoms with Gasteiger partial charge in [0.05, 0.1) is 19.8 Å². The smallest absolute Gasteiger partial charge is 0.220 e. The van der Waals surface area contributed by atoms with Crippen molar-refractivity contribution in [2.24, 2.45) is 0 Å². The molecule has 1 saturated heterocycles. The molecule has 0 unspecified atom stereocenters. The summed E-state index contributed by atoms with van der Waals surface area (Å²) in [5.74, 6) is -0.150. The fourth-order valence-electron chi connectivity index (χ4n) is 2.84. The summed E-state index contributed by atoms with van der Waals surface area (Å²) >= 11 is 0. The molecule has 1 N–H and O–H groups in total. The van der Waals surface area contributed by atoms with Gasteiger partial charge in [0.15, 0.2) is 11.6 Å². The van der Waals surface area contributed by atoms with Crippen molar-refractivity contribution in [1.82, 2.24) is 10.2 Å². The van der Waals surface area contributed by atoms with E-state index in [9.17, 15) is 9.18 Å². The minimum atomic E-state index is -0.379. The van der Waals surface area contributed by atoms with Crippen LogP contribution in [-0.2, 0) is 9.53 Å². The number of carbonyl (C=O) groups excluding carboxylic acids is 1. The van der Waals surface area contributed by atoms with E-state index in [2.05, 4.69) is 24.1 Å². The Morgan fingerprint density at radius 3 is 3.04 bits per heavy atom. The first-order valence-corrected chi connectivity index (χ1v) is 8.55. The van der Waals surface area contributed by atoms with Crippen LogP contribution in [0.3, 0.4) is 0 Å². The summed E-state index contributed by atoms with van der Waals surface area (Å²) in [6, 6.07) is 6.93. The zero-order chi connectivity index (χ0) is 17.4. The van der Waals surface area contributed by atoms with Gasteiger partial charge in [0.1, 0.15) is 0 Å². The van der Waals surface area contributed by atoms with Crippen LogP contribution in [0.25, 0.3) is 0 Å². The van der Waals surface area contributed by atoms with Crippen LogP contribution in [0, 0.1) is 5.82 Å². The summed E-state index contributed by atoms with van der Waals surface area (Å²) in [5.41, 5.74) is 0. The van der Waals surface area contributed by atoms with Gasteiger partial charge in [0.25, 0.3) is 0 Å². The van der Waals surface area contributed by atoms with Crippen LogP contribution in [0.4, 0.5) is 4.39 Å². The highest BCUT2D eigenvalue weighted by atomic mass is 19.1. The quantitative estimate of drug-likeness (QED) is 0.739. The fourth-order valence-corrected chi connectivity index (χ4v) is 2.84. The number of hydrogen-bond donors (Lipinski definition) is 1. The van der Waals surface area contributed by atoms with Crippen LogP contribution in [0.5, 0.6) is 5.75 Å². The van der Waals surface area contributed by atoms with Gasteiger partial charge >= 0.3 is 0 Å². The van der Waals surface area contributed by atoms with Gasteiger partial charge in [-0.25, -0.2) is 4.39 Å². The lowest BCUT2D eigenvalue weighted by molar-refractivity contribution is -0.121. The topological polar surface area (TPSA) is 50.8 Å². The Kier molecular flexibility index (Phi) is 7.46. The molecule has 6 heteroatoms. The van der Waals surface area contributed by atoms with Crippen molar-refractivity contribution < 1.29 is 18.7 Å². The second-order valence-electron chi connectivity index (χ2n) is 6.20. The Morgan fingerprint density at radius 2 is 2.29 bits per heavy atom. The van der Waals surface area contributed by atoms with E-state index in [0.29, 0.717) is 32.0 Å². The molecule has 0 saturated carbocycles. The molecule has 0 bridgehead atoms. The lowest BCUT2D eigenvalue weighted by Gasteiger charge is -2.37. The monoisotopic (exact) mass is 338 g/mol. The number of carbonyl (C=O) groups is 1. The van der Waals surface area contributed by atoms with E-state index < -0.39 is 0 Å². The molecule has 5 nitrogen and oxygen atoms in total. The Labute approximate surface area is 143 Å². The highest BCUT2D eigenvalue weighted by molar-refractivity contribution is 5.75. The first-order chi connectivity index (χ1) is 11.6. The van der Waals surface area contributed by atoms with Gasteiger partial charge in [-0.1, -0.05) is 12.1 Å². The molecule has 134 valence electrons. The maximum Gasteiger partial charge on any atom is 0.220 e. The largest absolute Gasteiger partial charge is 0.491 e. The average Bonchev–Trinajstić information content (AvgIpc) is 2.58. The second-order valence-corrected chi connectivity index (χ2v) is 6.20. The molecule has 2 atom stereocenters. The average molecular weight is 338 g/mol. The molecule has 1 fully saturated rings. The Morgan fingerprint density at radius 1 is 1.50 bits per heavy atom. The number of rotatable bonds is 8. The number of nitrogens with one attached hydrogen (secondary N) is 1. The van der Waals surface area contributed by atoms with E-state index >= 15 is 0 Å². The number of ether oxygens (including phenoxy) is 2. The molecule has 0 aliphatic carbocycles. The van der Waals surface area contributed by atoms with E-state index in [1.807, 2.05) is 0 Å². The molecule has 24 heavy (non-hydrogen) atoms. The van der Waals surface area contributed by atoms with Gasteiger partial charge in [-0.3, -0.25) is 9.69 Å². The third-order valence-corrected chi connectivity index (χ3v) is 4.22. The number of morpholine rings is 1. The van der Waals surface area contributed by atoms with Crippen molar-refractivity contribution in [3.63, 3.8) is 0 Å². The fraction of sp³-hybridized carbons (Fsp3) is 0.611. The predicted molar refractivity (Wildman–Crippen MR) is 90.6 cm³/mol. The van der Waals surface area contributed by atoms with Gasteiger partial charge in [-0.2, -0.15) is 0 Å². The van der Waals surface area contributed by atoms with E-state index in [1.165, 1.54) is 6.07 Å².